The number of imide groups is 1. The van der Waals surface area contributed by atoms with E-state index in [0.717, 1.165) is 36.2 Å². The van der Waals surface area contributed by atoms with Gasteiger partial charge < -0.3 is 24.4 Å². The van der Waals surface area contributed by atoms with Gasteiger partial charge in [-0.05, 0) is 89.9 Å². The van der Waals surface area contributed by atoms with Gasteiger partial charge in [0.05, 0.1) is 29.3 Å². The predicted molar refractivity (Wildman–Crippen MR) is 235 cm³/mol. The van der Waals surface area contributed by atoms with E-state index in [1.165, 1.54) is 30.3 Å². The van der Waals surface area contributed by atoms with Gasteiger partial charge in [0.2, 0.25) is 5.91 Å². The first kappa shape index (κ1) is 42.7. The normalized spacial score (nSPS) is 23.4. The lowest BCUT2D eigenvalue weighted by molar-refractivity contribution is -0.384. The molecule has 5 aromatic rings. The molecule has 1 aliphatic carbocycles. The highest BCUT2D eigenvalue weighted by Gasteiger charge is 2.76. The molecule has 0 unspecified atom stereocenters. The van der Waals surface area contributed by atoms with E-state index in [0.29, 0.717) is 27.8 Å². The number of carboxylic acids is 1. The first-order valence-corrected chi connectivity index (χ1v) is 21.4. The van der Waals surface area contributed by atoms with Gasteiger partial charge in [-0.2, -0.15) is 0 Å². The zero-order valence-electron chi connectivity index (χ0n) is 34.9. The quantitative estimate of drug-likeness (QED) is 0.0599. The second-order valence-corrected chi connectivity index (χ2v) is 16.3. The van der Waals surface area contributed by atoms with Crippen molar-refractivity contribution in [3.63, 3.8) is 0 Å². The fourth-order valence-corrected chi connectivity index (χ4v) is 9.94. The summed E-state index contributed by atoms with van der Waals surface area (Å²) in [5, 5.41) is 33.0. The number of nitrogens with zero attached hydrogens (tertiary/aromatic N) is 3. The second-order valence-electron chi connectivity index (χ2n) is 16.3. The zero-order valence-corrected chi connectivity index (χ0v) is 34.9. The van der Waals surface area contributed by atoms with Crippen LogP contribution >= 0.6 is 0 Å². The molecule has 14 nitrogen and oxygen atoms in total. The molecule has 4 aliphatic rings. The number of ether oxygens (including phenoxy) is 3. The average Bonchev–Trinajstić information content (AvgIpc) is 3.79. The lowest BCUT2D eigenvalue weighted by atomic mass is 9.65. The Kier molecular flexibility index (Phi) is 11.7. The Morgan fingerprint density at radius 3 is 2.25 bits per heavy atom. The number of allylic oxidation sites excluding steroid dienone is 2. The lowest BCUT2D eigenvalue weighted by Gasteiger charge is -2.46. The summed E-state index contributed by atoms with van der Waals surface area (Å²) in [6, 6.07) is 31.3. The van der Waals surface area contributed by atoms with Gasteiger partial charge >= 0.3 is 18.0 Å². The third kappa shape index (κ3) is 7.58. The number of amides is 2. The number of aliphatic carboxylic acids is 1. The Labute approximate surface area is 373 Å². The third-order valence-electron chi connectivity index (χ3n) is 12.6. The molecule has 2 N–H and O–H groups in total. The number of cyclic esters (lactones) is 1. The van der Waals surface area contributed by atoms with Gasteiger partial charge in [-0.1, -0.05) is 96.8 Å². The van der Waals surface area contributed by atoms with Gasteiger partial charge in [-0.3, -0.25) is 29.4 Å². The maximum Gasteiger partial charge on any atom is 0.421 e. The summed E-state index contributed by atoms with van der Waals surface area (Å²) >= 11 is 0. The van der Waals surface area contributed by atoms with Crippen molar-refractivity contribution in [3.05, 3.63) is 183 Å². The standard InChI is InChI=1S/C51H43N3O11/c55-28-29-63-41-19-11-10-18-38(41)46-51(42(47(56)57)44-48(58)65-45(36-16-8-3-9-17-36)43(53(44)46)35-14-6-2-7-15-35)39-30-33(21-20-32-12-4-1-5-13-32)24-27-40(39)52(49(51)59)50(60)64-31-34-22-25-37(26-23-34)54(61)62/h2-3,6-12,14-19,22-27,30,42-46,55H,1,4-5,13,28-29,31H2,(H,56,57)/t42-,43-,44-,45+,46+,51-/m1/s1. The van der Waals surface area contributed by atoms with Crippen LogP contribution in [0.3, 0.4) is 0 Å². The molecule has 5 aromatic carbocycles. The molecule has 2 fully saturated rings. The largest absolute Gasteiger partial charge is 0.491 e. The van der Waals surface area contributed by atoms with Crippen molar-refractivity contribution in [2.45, 2.75) is 61.9 Å². The van der Waals surface area contributed by atoms with Gasteiger partial charge in [-0.25, -0.2) is 9.69 Å². The number of non-ortho nitro benzene ring substituents is 1. The van der Waals surface area contributed by atoms with Crippen molar-refractivity contribution >= 4 is 35.3 Å². The second kappa shape index (κ2) is 17.9. The Balaban J connectivity index is 1.30. The van der Waals surface area contributed by atoms with Crippen LogP contribution in [0.4, 0.5) is 16.2 Å². The van der Waals surface area contributed by atoms with Crippen LogP contribution in [0.1, 0.15) is 77.3 Å². The first-order chi connectivity index (χ1) is 31.6. The summed E-state index contributed by atoms with van der Waals surface area (Å²) in [7, 11) is 0. The Morgan fingerprint density at radius 1 is 0.862 bits per heavy atom. The van der Waals surface area contributed by atoms with E-state index in [2.05, 4.69) is 17.9 Å². The number of morpholine rings is 1. The molecule has 0 radical (unpaired) electrons. The SMILES string of the molecule is O=C1O[C@@H](c2ccccc2)[C@@H](c2ccccc2)N2[C@@H](c3ccccc3OCCO)[C@]3(C(=O)N(C(=O)OCc4ccc([N+](=O)[O-])cc4)c4ccc(C#CC5=CCCCC5)cc43)[C@@H](C(=O)O)[C@H]12. The highest BCUT2D eigenvalue weighted by Crippen LogP contribution is 2.66. The number of anilines is 1. The van der Waals surface area contributed by atoms with Crippen LogP contribution in [-0.2, 0) is 35.9 Å². The number of nitro groups is 1. The number of esters is 1. The third-order valence-corrected chi connectivity index (χ3v) is 12.6. The summed E-state index contributed by atoms with van der Waals surface area (Å²) in [5.41, 5.74) is 1.09. The molecule has 0 aromatic heterocycles. The first-order valence-electron chi connectivity index (χ1n) is 21.4. The van der Waals surface area contributed by atoms with E-state index < -0.39 is 64.4 Å². The fraction of sp³-hybridized carbons (Fsp3) is 0.255. The Morgan fingerprint density at radius 2 is 1.57 bits per heavy atom. The molecule has 9 rings (SSSR count). The van der Waals surface area contributed by atoms with Gasteiger partial charge in [0.1, 0.15) is 42.4 Å². The average molecular weight is 874 g/mol. The number of fused-ring (bicyclic) bond motifs is 3. The number of hydrogen-bond acceptors (Lipinski definition) is 11. The molecule has 6 atom stereocenters. The number of carbonyl (C=O) groups excluding carboxylic acids is 3. The molecule has 0 bridgehead atoms. The minimum absolute atomic E-state index is 0.0280. The van der Waals surface area contributed by atoms with Crippen LogP contribution in [0.25, 0.3) is 0 Å². The smallest absolute Gasteiger partial charge is 0.421 e. The van der Waals surface area contributed by atoms with Crippen LogP contribution < -0.4 is 9.64 Å². The number of aliphatic hydroxyl groups excluding tert-OH is 1. The monoisotopic (exact) mass is 873 g/mol. The molecule has 2 amide bonds. The van der Waals surface area contributed by atoms with Gasteiger partial charge in [-0.15, -0.1) is 0 Å². The number of hydrogen-bond donors (Lipinski definition) is 2. The molecule has 328 valence electrons. The van der Waals surface area contributed by atoms with Crippen molar-refractivity contribution < 1.29 is 48.5 Å². The molecule has 2 saturated heterocycles. The van der Waals surface area contributed by atoms with Crippen molar-refractivity contribution in [2.24, 2.45) is 5.92 Å². The Bertz CT molecular complexity index is 2770. The molecule has 14 heteroatoms. The van der Waals surface area contributed by atoms with E-state index in [9.17, 15) is 34.7 Å². The summed E-state index contributed by atoms with van der Waals surface area (Å²) in [6.45, 7) is -0.903. The molecule has 1 spiro atoms. The lowest BCUT2D eigenvalue weighted by Crippen LogP contribution is -2.53. The summed E-state index contributed by atoms with van der Waals surface area (Å²) in [4.78, 5) is 73.4. The summed E-state index contributed by atoms with van der Waals surface area (Å²) in [5.74, 6) is 1.46. The minimum atomic E-state index is -2.27. The molecular formula is C51H43N3O11. The van der Waals surface area contributed by atoms with Crippen LogP contribution in [0.2, 0.25) is 0 Å². The number of nitro benzene ring substituents is 1. The van der Waals surface area contributed by atoms with Crippen LogP contribution in [0.5, 0.6) is 5.75 Å². The molecular weight excluding hydrogens is 831 g/mol. The fourth-order valence-electron chi connectivity index (χ4n) is 9.94. The Hall–Kier alpha value is -7.60. The van der Waals surface area contributed by atoms with Gasteiger partial charge in [0.25, 0.3) is 5.69 Å². The predicted octanol–water partition coefficient (Wildman–Crippen LogP) is 7.90. The summed E-state index contributed by atoms with van der Waals surface area (Å²) < 4.78 is 18.3. The van der Waals surface area contributed by atoms with Crippen LogP contribution in [0, 0.1) is 27.9 Å². The zero-order chi connectivity index (χ0) is 45.2. The maximum atomic E-state index is 16.1. The molecule has 65 heavy (non-hydrogen) atoms. The maximum absolute atomic E-state index is 16.1. The van der Waals surface area contributed by atoms with E-state index in [-0.39, 0.29) is 42.5 Å². The number of rotatable bonds is 10. The highest BCUT2D eigenvalue weighted by atomic mass is 16.6. The van der Waals surface area contributed by atoms with Crippen molar-refractivity contribution in [1.82, 2.24) is 4.90 Å². The van der Waals surface area contributed by atoms with Gasteiger partial charge in [0, 0.05) is 23.3 Å². The number of benzene rings is 5. The minimum Gasteiger partial charge on any atom is -0.491 e. The van der Waals surface area contributed by atoms with Crippen molar-refractivity contribution in [3.8, 4) is 17.6 Å². The molecule has 3 heterocycles. The summed E-state index contributed by atoms with van der Waals surface area (Å²) in [6.07, 6.45) is 3.68. The van der Waals surface area contributed by atoms with E-state index in [1.807, 2.05) is 48.5 Å². The van der Waals surface area contributed by atoms with E-state index >= 15 is 4.79 Å². The van der Waals surface area contributed by atoms with E-state index in [1.54, 1.807) is 53.4 Å². The number of carbonyl (C=O) groups is 4. The topological polar surface area (TPSA) is 186 Å². The van der Waals surface area contributed by atoms with Crippen molar-refractivity contribution in [2.75, 3.05) is 18.1 Å². The van der Waals surface area contributed by atoms with Crippen LogP contribution in [0.15, 0.2) is 139 Å². The number of carboxylic acid groups (broad SMARTS) is 1. The van der Waals surface area contributed by atoms with E-state index in [4.69, 9.17) is 14.2 Å². The van der Waals surface area contributed by atoms with Crippen LogP contribution in [-0.4, -0.2) is 63.2 Å². The number of aliphatic hydroxyl groups is 1. The van der Waals surface area contributed by atoms with Gasteiger partial charge in [0.15, 0.2) is 0 Å². The van der Waals surface area contributed by atoms with Crippen molar-refractivity contribution in [1.29, 1.82) is 0 Å². The molecule has 3 aliphatic heterocycles. The molecule has 0 saturated carbocycles. The highest BCUT2D eigenvalue weighted by molar-refractivity contribution is 6.23. The number of para-hydroxylation sites is 1.